The molecule has 0 radical (unpaired) electrons. The lowest BCUT2D eigenvalue weighted by molar-refractivity contribution is -0.0500. The van der Waals surface area contributed by atoms with Crippen LogP contribution in [0, 0.1) is 0 Å². The van der Waals surface area contributed by atoms with Crippen LogP contribution in [0.4, 0.5) is 13.2 Å². The van der Waals surface area contributed by atoms with Crippen molar-refractivity contribution in [2.24, 2.45) is 0 Å². The van der Waals surface area contributed by atoms with E-state index in [0.29, 0.717) is 5.92 Å². The first-order valence-corrected chi connectivity index (χ1v) is 6.31. The van der Waals surface area contributed by atoms with Crippen molar-refractivity contribution in [3.63, 3.8) is 0 Å². The summed E-state index contributed by atoms with van der Waals surface area (Å²) in [5.41, 5.74) is -4.59. The Bertz CT molecular complexity index is 518. The van der Waals surface area contributed by atoms with Gasteiger partial charge in [-0.3, -0.25) is 0 Å². The van der Waals surface area contributed by atoms with E-state index in [0.717, 1.165) is 18.4 Å². The first-order chi connectivity index (χ1) is 7.79. The van der Waals surface area contributed by atoms with Crippen molar-refractivity contribution in [2.45, 2.75) is 24.3 Å². The summed E-state index contributed by atoms with van der Waals surface area (Å²) in [7, 11) is -5.57. The van der Waals surface area contributed by atoms with E-state index in [1.807, 2.05) is 0 Å². The molecule has 2 rings (SSSR count). The number of halogens is 3. The number of hydrogen-bond acceptors (Lipinski definition) is 3. The van der Waals surface area contributed by atoms with E-state index >= 15 is 0 Å². The zero-order chi connectivity index (χ0) is 12.7. The van der Waals surface area contributed by atoms with Crippen molar-refractivity contribution in [3.05, 3.63) is 29.8 Å². The van der Waals surface area contributed by atoms with Gasteiger partial charge in [-0.25, -0.2) is 0 Å². The van der Waals surface area contributed by atoms with Crippen LogP contribution >= 0.6 is 0 Å². The summed E-state index contributed by atoms with van der Waals surface area (Å²) >= 11 is 0. The van der Waals surface area contributed by atoms with Gasteiger partial charge in [-0.2, -0.15) is 21.6 Å². The van der Waals surface area contributed by atoms with E-state index < -0.39 is 15.6 Å². The van der Waals surface area contributed by atoms with E-state index in [1.54, 1.807) is 6.07 Å². The molecule has 0 saturated heterocycles. The molecule has 0 atom stereocenters. The van der Waals surface area contributed by atoms with Gasteiger partial charge in [-0.05, 0) is 36.5 Å². The molecule has 1 saturated carbocycles. The van der Waals surface area contributed by atoms with Crippen molar-refractivity contribution >= 4 is 10.1 Å². The Balaban J connectivity index is 2.21. The molecule has 0 N–H and O–H groups in total. The van der Waals surface area contributed by atoms with Gasteiger partial charge in [0.2, 0.25) is 0 Å². The van der Waals surface area contributed by atoms with Crippen LogP contribution in [0.25, 0.3) is 0 Å². The number of rotatable bonds is 3. The molecule has 1 aromatic rings. The Hall–Kier alpha value is -1.24. The lowest BCUT2D eigenvalue weighted by atomic mass is 10.1. The molecule has 3 nitrogen and oxygen atoms in total. The van der Waals surface area contributed by atoms with Gasteiger partial charge in [0.15, 0.2) is 0 Å². The fraction of sp³-hybridized carbons (Fsp3) is 0.400. The van der Waals surface area contributed by atoms with E-state index in [9.17, 15) is 21.6 Å². The van der Waals surface area contributed by atoms with Crippen molar-refractivity contribution in [1.29, 1.82) is 0 Å². The summed E-state index contributed by atoms with van der Waals surface area (Å²) in [5.74, 6) is 0.0128. The molecule has 1 aromatic carbocycles. The summed E-state index contributed by atoms with van der Waals surface area (Å²) in [6.45, 7) is 0. The molecule has 0 aliphatic heterocycles. The first-order valence-electron chi connectivity index (χ1n) is 4.90. The van der Waals surface area contributed by atoms with E-state index in [2.05, 4.69) is 4.18 Å². The second kappa shape index (κ2) is 3.90. The molecule has 0 aromatic heterocycles. The summed E-state index contributed by atoms with van der Waals surface area (Å²) in [5, 5.41) is 0. The van der Waals surface area contributed by atoms with Crippen LogP contribution in [-0.4, -0.2) is 13.9 Å². The minimum Gasteiger partial charge on any atom is -0.376 e. The summed E-state index contributed by atoms with van der Waals surface area (Å²) in [4.78, 5) is 0. The fourth-order valence-electron chi connectivity index (χ4n) is 1.41. The highest BCUT2D eigenvalue weighted by atomic mass is 32.2. The lowest BCUT2D eigenvalue weighted by Gasteiger charge is -2.10. The van der Waals surface area contributed by atoms with Gasteiger partial charge in [0, 0.05) is 0 Å². The summed E-state index contributed by atoms with van der Waals surface area (Å²) < 4.78 is 61.8. The number of benzene rings is 1. The molecule has 17 heavy (non-hydrogen) atoms. The van der Waals surface area contributed by atoms with Crippen molar-refractivity contribution < 1.29 is 25.8 Å². The monoisotopic (exact) mass is 266 g/mol. The van der Waals surface area contributed by atoms with E-state index in [4.69, 9.17) is 0 Å². The van der Waals surface area contributed by atoms with Gasteiger partial charge >= 0.3 is 15.6 Å². The predicted octanol–water partition coefficient (Wildman–Crippen LogP) is 2.79. The third kappa shape index (κ3) is 2.71. The van der Waals surface area contributed by atoms with Gasteiger partial charge < -0.3 is 4.18 Å². The van der Waals surface area contributed by atoms with Gasteiger partial charge in [0.05, 0.1) is 0 Å². The van der Waals surface area contributed by atoms with Crippen LogP contribution in [0.5, 0.6) is 5.75 Å². The van der Waals surface area contributed by atoms with Gasteiger partial charge in [0.25, 0.3) is 0 Å². The molecule has 0 spiro atoms. The maximum Gasteiger partial charge on any atom is 0.534 e. The van der Waals surface area contributed by atoms with Crippen LogP contribution in [0.2, 0.25) is 0 Å². The van der Waals surface area contributed by atoms with Crippen molar-refractivity contribution in [3.8, 4) is 5.75 Å². The van der Waals surface area contributed by atoms with Crippen LogP contribution < -0.4 is 4.18 Å². The Morgan fingerprint density at radius 2 is 1.88 bits per heavy atom. The standard InChI is InChI=1S/C10H9F3O3S/c11-10(12,13)17(14,15)16-9-3-1-2-8(6-9)7-4-5-7/h1-3,6-7H,4-5H2. The molecule has 0 bridgehead atoms. The first kappa shape index (κ1) is 12.2. The lowest BCUT2D eigenvalue weighted by Crippen LogP contribution is -2.28. The third-order valence-electron chi connectivity index (χ3n) is 2.40. The minimum atomic E-state index is -5.57. The summed E-state index contributed by atoms with van der Waals surface area (Å²) in [6.07, 6.45) is 1.94. The molecular weight excluding hydrogens is 257 g/mol. The predicted molar refractivity (Wildman–Crippen MR) is 54.0 cm³/mol. The SMILES string of the molecule is O=S(=O)(Oc1cccc(C2CC2)c1)C(F)(F)F. The Morgan fingerprint density at radius 3 is 2.41 bits per heavy atom. The fourth-order valence-corrected chi connectivity index (χ4v) is 1.86. The average Bonchev–Trinajstić information content (AvgIpc) is 2.98. The number of alkyl halides is 3. The quantitative estimate of drug-likeness (QED) is 0.624. The van der Waals surface area contributed by atoms with Gasteiger partial charge in [-0.1, -0.05) is 12.1 Å². The zero-order valence-corrected chi connectivity index (χ0v) is 9.38. The van der Waals surface area contributed by atoms with E-state index in [1.165, 1.54) is 18.2 Å². The third-order valence-corrected chi connectivity index (χ3v) is 3.38. The second-order valence-corrected chi connectivity index (χ2v) is 5.37. The van der Waals surface area contributed by atoms with Crippen LogP contribution in [0.3, 0.4) is 0 Å². The molecule has 0 amide bonds. The summed E-state index contributed by atoms with van der Waals surface area (Å²) in [6, 6.07) is 5.75. The highest BCUT2D eigenvalue weighted by Crippen LogP contribution is 2.41. The zero-order valence-electron chi connectivity index (χ0n) is 8.57. The van der Waals surface area contributed by atoms with Crippen molar-refractivity contribution in [2.75, 3.05) is 0 Å². The molecule has 1 aliphatic rings. The molecular formula is C10H9F3O3S. The maximum atomic E-state index is 12.1. The van der Waals surface area contributed by atoms with E-state index in [-0.39, 0.29) is 5.75 Å². The minimum absolute atomic E-state index is 0.299. The van der Waals surface area contributed by atoms with Gasteiger partial charge in [0.1, 0.15) is 5.75 Å². The average molecular weight is 266 g/mol. The smallest absolute Gasteiger partial charge is 0.376 e. The Morgan fingerprint density at radius 1 is 1.24 bits per heavy atom. The molecule has 1 aliphatic carbocycles. The highest BCUT2D eigenvalue weighted by Gasteiger charge is 2.48. The molecule has 94 valence electrons. The number of hydrogen-bond donors (Lipinski definition) is 0. The van der Waals surface area contributed by atoms with Crippen LogP contribution in [-0.2, 0) is 10.1 Å². The maximum absolute atomic E-state index is 12.1. The molecule has 0 heterocycles. The van der Waals surface area contributed by atoms with Gasteiger partial charge in [-0.15, -0.1) is 0 Å². The molecule has 1 fully saturated rings. The molecule has 7 heteroatoms. The highest BCUT2D eigenvalue weighted by molar-refractivity contribution is 7.87. The largest absolute Gasteiger partial charge is 0.534 e. The second-order valence-electron chi connectivity index (χ2n) is 3.83. The van der Waals surface area contributed by atoms with Crippen molar-refractivity contribution in [1.82, 2.24) is 0 Å². The Labute approximate surface area is 96.3 Å². The normalized spacial score (nSPS) is 16.9. The topological polar surface area (TPSA) is 43.4 Å². The Kier molecular flexibility index (Phi) is 2.81. The van der Waals surface area contributed by atoms with Crippen LogP contribution in [0.15, 0.2) is 24.3 Å². The van der Waals surface area contributed by atoms with Crippen LogP contribution in [0.1, 0.15) is 24.3 Å². The molecule has 0 unspecified atom stereocenters.